The summed E-state index contributed by atoms with van der Waals surface area (Å²) in [5.74, 6) is 1.37. The number of rotatable bonds is 1. The van der Waals surface area contributed by atoms with Gasteiger partial charge in [-0.15, -0.1) is 24.8 Å². The highest BCUT2D eigenvalue weighted by Gasteiger charge is 2.38. The Bertz CT molecular complexity index is 759. The van der Waals surface area contributed by atoms with Crippen LogP contribution in [-0.2, 0) is 0 Å². The Morgan fingerprint density at radius 3 is 2.54 bits per heavy atom. The monoisotopic (exact) mass is 431 g/mol. The third-order valence-electron chi connectivity index (χ3n) is 4.81. The van der Waals surface area contributed by atoms with Crippen LogP contribution >= 0.6 is 40.7 Å². The second-order valence-corrected chi connectivity index (χ2v) is 7.28. The number of aryl methyl sites for hydroxylation is 1. The lowest BCUT2D eigenvalue weighted by Gasteiger charge is -2.19. The summed E-state index contributed by atoms with van der Waals surface area (Å²) in [6, 6.07) is 7.84. The molecule has 3 heterocycles. The second-order valence-electron chi connectivity index (χ2n) is 6.36. The largest absolute Gasteiger partial charge is 0.338 e. The van der Waals surface area contributed by atoms with Crippen molar-refractivity contribution in [2.24, 2.45) is 11.8 Å². The Morgan fingerprint density at radius 1 is 1.21 bits per heavy atom. The molecule has 0 unspecified atom stereocenters. The summed E-state index contributed by atoms with van der Waals surface area (Å²) in [5.41, 5.74) is 2.54. The van der Waals surface area contributed by atoms with E-state index < -0.39 is 0 Å². The minimum Gasteiger partial charge on any atom is -0.338 e. The first-order valence-corrected chi connectivity index (χ1v) is 8.48. The maximum Gasteiger partial charge on any atom is 0.254 e. The van der Waals surface area contributed by atoms with Gasteiger partial charge in [0.1, 0.15) is 0 Å². The molecule has 2 aliphatic heterocycles. The normalized spacial score (nSPS) is 22.0. The molecule has 0 saturated carbocycles. The van der Waals surface area contributed by atoms with Crippen LogP contribution in [0.2, 0.25) is 0 Å². The minimum atomic E-state index is 0. The molecule has 1 aromatic carbocycles. The lowest BCUT2D eigenvalue weighted by atomic mass is 10.0. The van der Waals surface area contributed by atoms with Gasteiger partial charge in [-0.1, -0.05) is 15.9 Å². The molecule has 0 spiro atoms. The molecule has 24 heavy (non-hydrogen) atoms. The van der Waals surface area contributed by atoms with Crippen molar-refractivity contribution >= 4 is 57.6 Å². The van der Waals surface area contributed by atoms with E-state index in [-0.39, 0.29) is 30.7 Å². The van der Waals surface area contributed by atoms with Crippen molar-refractivity contribution in [3.05, 3.63) is 40.0 Å². The first-order valence-electron chi connectivity index (χ1n) is 7.69. The Kier molecular flexibility index (Phi) is 6.13. The fourth-order valence-electron chi connectivity index (χ4n) is 3.70. The maximum atomic E-state index is 13.0. The predicted octanol–water partition coefficient (Wildman–Crippen LogP) is 3.44. The van der Waals surface area contributed by atoms with E-state index in [1.807, 2.05) is 36.1 Å². The number of halogens is 3. The van der Waals surface area contributed by atoms with Crippen molar-refractivity contribution in [2.45, 2.75) is 6.92 Å². The summed E-state index contributed by atoms with van der Waals surface area (Å²) in [4.78, 5) is 19.6. The highest BCUT2D eigenvalue weighted by molar-refractivity contribution is 9.10. The van der Waals surface area contributed by atoms with Gasteiger partial charge < -0.3 is 10.2 Å². The predicted molar refractivity (Wildman–Crippen MR) is 104 cm³/mol. The SMILES string of the molecule is Cc1cc(C(=O)N2C[C@H]3CNC[C@H]3C2)c2cc(Br)ccc2n1.Cl.Cl. The quantitative estimate of drug-likeness (QED) is 0.750. The maximum absolute atomic E-state index is 13.0. The molecule has 1 N–H and O–H groups in total. The van der Waals surface area contributed by atoms with Crippen LogP contribution in [0.25, 0.3) is 10.9 Å². The van der Waals surface area contributed by atoms with E-state index in [0.29, 0.717) is 11.8 Å². The third kappa shape index (κ3) is 3.40. The molecule has 7 heteroatoms. The van der Waals surface area contributed by atoms with Gasteiger partial charge >= 0.3 is 0 Å². The van der Waals surface area contributed by atoms with Crippen molar-refractivity contribution in [2.75, 3.05) is 26.2 Å². The van der Waals surface area contributed by atoms with E-state index in [1.54, 1.807) is 0 Å². The Balaban J connectivity index is 0.00000104. The van der Waals surface area contributed by atoms with E-state index in [4.69, 9.17) is 0 Å². The smallest absolute Gasteiger partial charge is 0.254 e. The highest BCUT2D eigenvalue weighted by Crippen LogP contribution is 2.30. The van der Waals surface area contributed by atoms with Crippen LogP contribution in [0.1, 0.15) is 16.1 Å². The van der Waals surface area contributed by atoms with Crippen molar-refractivity contribution in [3.8, 4) is 0 Å². The van der Waals surface area contributed by atoms with Gasteiger partial charge in [0.2, 0.25) is 0 Å². The van der Waals surface area contributed by atoms with Gasteiger partial charge in [0.15, 0.2) is 0 Å². The molecule has 1 amide bonds. The number of amides is 1. The number of fused-ring (bicyclic) bond motifs is 2. The van der Waals surface area contributed by atoms with Crippen LogP contribution in [0.15, 0.2) is 28.7 Å². The van der Waals surface area contributed by atoms with E-state index in [9.17, 15) is 4.79 Å². The standard InChI is InChI=1S/C17H18BrN3O.2ClH/c1-10-4-15(14-5-13(18)2-3-16(14)20-10)17(22)21-8-11-6-19-7-12(11)9-21;;/h2-5,11-12,19H,6-9H2,1H3;2*1H/t11-,12+;;. The van der Waals surface area contributed by atoms with Crippen molar-refractivity contribution in [3.63, 3.8) is 0 Å². The van der Waals surface area contributed by atoms with Gasteiger partial charge in [-0.2, -0.15) is 0 Å². The second kappa shape index (κ2) is 7.56. The fraction of sp³-hybridized carbons (Fsp3) is 0.412. The van der Waals surface area contributed by atoms with Gasteiger partial charge in [-0.05, 0) is 43.0 Å². The van der Waals surface area contributed by atoms with E-state index >= 15 is 0 Å². The number of hydrogen-bond acceptors (Lipinski definition) is 3. The lowest BCUT2D eigenvalue weighted by Crippen LogP contribution is -2.32. The number of likely N-dealkylation sites (tertiary alicyclic amines) is 1. The number of hydrogen-bond donors (Lipinski definition) is 1. The third-order valence-corrected chi connectivity index (χ3v) is 5.30. The van der Waals surface area contributed by atoms with Gasteiger partial charge in [-0.25, -0.2) is 0 Å². The first-order chi connectivity index (χ1) is 10.6. The van der Waals surface area contributed by atoms with E-state index in [1.165, 1.54) is 0 Å². The number of nitrogens with one attached hydrogen (secondary N) is 1. The van der Waals surface area contributed by atoms with Gasteiger partial charge in [0.05, 0.1) is 11.1 Å². The van der Waals surface area contributed by atoms with Crippen molar-refractivity contribution in [1.29, 1.82) is 0 Å². The number of carbonyl (C=O) groups is 1. The van der Waals surface area contributed by atoms with Crippen molar-refractivity contribution < 1.29 is 4.79 Å². The van der Waals surface area contributed by atoms with Crippen molar-refractivity contribution in [1.82, 2.24) is 15.2 Å². The molecule has 1 aromatic heterocycles. The van der Waals surface area contributed by atoms with Crippen LogP contribution in [0, 0.1) is 18.8 Å². The zero-order chi connectivity index (χ0) is 15.3. The number of nitrogens with zero attached hydrogens (tertiary/aromatic N) is 2. The molecule has 0 radical (unpaired) electrons. The average Bonchev–Trinajstić information content (AvgIpc) is 3.07. The van der Waals surface area contributed by atoms with Crippen LogP contribution in [0.5, 0.6) is 0 Å². The Hall–Kier alpha value is -0.880. The zero-order valence-corrected chi connectivity index (χ0v) is 16.5. The van der Waals surface area contributed by atoms with Gasteiger partial charge in [0.25, 0.3) is 5.91 Å². The summed E-state index contributed by atoms with van der Waals surface area (Å²) in [6.07, 6.45) is 0. The number of pyridine rings is 1. The van der Waals surface area contributed by atoms with Gasteiger partial charge in [0, 0.05) is 41.7 Å². The summed E-state index contributed by atoms with van der Waals surface area (Å²) < 4.78 is 0.974. The molecule has 4 rings (SSSR count). The molecular weight excluding hydrogens is 413 g/mol. The van der Waals surface area contributed by atoms with Gasteiger partial charge in [-0.3, -0.25) is 9.78 Å². The molecule has 0 bridgehead atoms. The molecule has 2 aliphatic rings. The first kappa shape index (κ1) is 19.4. The van der Waals surface area contributed by atoms with E-state index in [0.717, 1.165) is 52.8 Å². The number of carbonyl (C=O) groups excluding carboxylic acids is 1. The minimum absolute atomic E-state index is 0. The Labute approximate surface area is 162 Å². The molecule has 2 saturated heterocycles. The van der Waals surface area contributed by atoms with Crippen LogP contribution in [-0.4, -0.2) is 42.0 Å². The molecule has 0 aliphatic carbocycles. The van der Waals surface area contributed by atoms with E-state index in [2.05, 4.69) is 26.2 Å². The highest BCUT2D eigenvalue weighted by atomic mass is 79.9. The zero-order valence-electron chi connectivity index (χ0n) is 13.3. The summed E-state index contributed by atoms with van der Waals surface area (Å²) in [7, 11) is 0. The molecule has 2 fully saturated rings. The topological polar surface area (TPSA) is 45.2 Å². The molecule has 2 aromatic rings. The lowest BCUT2D eigenvalue weighted by molar-refractivity contribution is 0.0783. The van der Waals surface area contributed by atoms with Crippen LogP contribution in [0.4, 0.5) is 0 Å². The summed E-state index contributed by atoms with van der Waals surface area (Å²) in [5, 5.41) is 4.35. The molecule has 130 valence electrons. The molecule has 2 atom stereocenters. The molecular formula is C17H20BrCl2N3O. The van der Waals surface area contributed by atoms with Crippen LogP contribution in [0.3, 0.4) is 0 Å². The summed E-state index contributed by atoms with van der Waals surface area (Å²) >= 11 is 3.50. The number of benzene rings is 1. The fourth-order valence-corrected chi connectivity index (χ4v) is 4.06. The van der Waals surface area contributed by atoms with Crippen LogP contribution < -0.4 is 5.32 Å². The number of aromatic nitrogens is 1. The average molecular weight is 433 g/mol. The molecule has 4 nitrogen and oxygen atoms in total. The summed E-state index contributed by atoms with van der Waals surface area (Å²) in [6.45, 7) is 5.76. The Morgan fingerprint density at radius 2 is 1.88 bits per heavy atom.